The summed E-state index contributed by atoms with van der Waals surface area (Å²) >= 11 is 1.24. The third-order valence-corrected chi connectivity index (χ3v) is 6.03. The summed E-state index contributed by atoms with van der Waals surface area (Å²) in [7, 11) is 0. The van der Waals surface area contributed by atoms with E-state index in [9.17, 15) is 9.18 Å². The summed E-state index contributed by atoms with van der Waals surface area (Å²) in [4.78, 5) is 12.8. The average molecular weight is 465 g/mol. The Bertz CT molecular complexity index is 1250. The Morgan fingerprint density at radius 2 is 1.82 bits per heavy atom. The van der Waals surface area contributed by atoms with Gasteiger partial charge in [0.15, 0.2) is 11.0 Å². The fraction of sp³-hybridized carbons (Fsp3) is 0.240. The van der Waals surface area contributed by atoms with Crippen molar-refractivity contribution in [2.24, 2.45) is 0 Å². The minimum absolute atomic E-state index is 0.102. The first-order valence-electron chi connectivity index (χ1n) is 10.6. The molecule has 2 heterocycles. The molecule has 1 N–H and O–H groups in total. The van der Waals surface area contributed by atoms with Crippen LogP contribution in [0.4, 0.5) is 10.1 Å². The van der Waals surface area contributed by atoms with E-state index >= 15 is 0 Å². The van der Waals surface area contributed by atoms with Gasteiger partial charge in [-0.3, -0.25) is 9.36 Å². The molecule has 0 bridgehead atoms. The highest BCUT2D eigenvalue weighted by Crippen LogP contribution is 2.30. The molecule has 4 aromatic rings. The lowest BCUT2D eigenvalue weighted by Gasteiger charge is -2.23. The van der Waals surface area contributed by atoms with Crippen LogP contribution in [0, 0.1) is 5.82 Å². The maximum absolute atomic E-state index is 14.5. The van der Waals surface area contributed by atoms with Gasteiger partial charge in [0.2, 0.25) is 5.91 Å². The number of thioether (sulfide) groups is 1. The number of furan rings is 1. The molecule has 0 saturated carbocycles. The molecule has 0 aliphatic heterocycles. The van der Waals surface area contributed by atoms with Crippen LogP contribution in [0.25, 0.3) is 11.4 Å². The van der Waals surface area contributed by atoms with Crippen LogP contribution in [-0.4, -0.2) is 26.4 Å². The highest BCUT2D eigenvalue weighted by Gasteiger charge is 2.21. The molecule has 0 spiro atoms. The number of nitrogens with one attached hydrogen (secondary N) is 1. The third kappa shape index (κ3) is 5.34. The molecule has 33 heavy (non-hydrogen) atoms. The standard InChI is InChI=1S/C25H25FN4O2S/c1-25(2,3)19-11-5-7-13-21(19)27-22(31)16-33-24-29-28-23(18-10-4-6-12-20(18)26)30(24)15-17-9-8-14-32-17/h4-14H,15-16H2,1-3H3,(H,27,31). The van der Waals surface area contributed by atoms with Gasteiger partial charge in [-0.1, -0.05) is 62.9 Å². The number of para-hydroxylation sites is 1. The van der Waals surface area contributed by atoms with Crippen molar-refractivity contribution in [1.82, 2.24) is 14.8 Å². The highest BCUT2D eigenvalue weighted by molar-refractivity contribution is 7.99. The number of amides is 1. The quantitative estimate of drug-likeness (QED) is 0.352. The van der Waals surface area contributed by atoms with E-state index in [1.54, 1.807) is 35.1 Å². The summed E-state index contributed by atoms with van der Waals surface area (Å²) < 4.78 is 21.7. The number of carbonyl (C=O) groups is 1. The maximum atomic E-state index is 14.5. The predicted octanol–water partition coefficient (Wildman–Crippen LogP) is 5.75. The fourth-order valence-corrected chi connectivity index (χ4v) is 4.24. The Morgan fingerprint density at radius 1 is 1.06 bits per heavy atom. The van der Waals surface area contributed by atoms with Gasteiger partial charge in [0.1, 0.15) is 11.6 Å². The molecule has 8 heteroatoms. The molecular formula is C25H25FN4O2S. The lowest BCUT2D eigenvalue weighted by Crippen LogP contribution is -2.20. The number of benzene rings is 2. The van der Waals surface area contributed by atoms with E-state index in [0.29, 0.717) is 28.8 Å². The van der Waals surface area contributed by atoms with Gasteiger partial charge in [0.05, 0.1) is 24.1 Å². The van der Waals surface area contributed by atoms with E-state index in [1.807, 2.05) is 30.3 Å². The van der Waals surface area contributed by atoms with Crippen molar-refractivity contribution in [3.05, 3.63) is 84.1 Å². The summed E-state index contributed by atoms with van der Waals surface area (Å²) in [5, 5.41) is 12.0. The summed E-state index contributed by atoms with van der Waals surface area (Å²) in [6.07, 6.45) is 1.58. The molecule has 0 radical (unpaired) electrons. The summed E-state index contributed by atoms with van der Waals surface area (Å²) in [5.41, 5.74) is 2.09. The van der Waals surface area contributed by atoms with Gasteiger partial charge < -0.3 is 9.73 Å². The van der Waals surface area contributed by atoms with E-state index in [4.69, 9.17) is 4.42 Å². The summed E-state index contributed by atoms with van der Waals surface area (Å²) in [6, 6.07) is 17.8. The zero-order chi connectivity index (χ0) is 23.4. The fourth-order valence-electron chi connectivity index (χ4n) is 3.50. The lowest BCUT2D eigenvalue weighted by atomic mass is 9.86. The maximum Gasteiger partial charge on any atom is 0.234 e. The van der Waals surface area contributed by atoms with Gasteiger partial charge in [-0.05, 0) is 41.3 Å². The monoisotopic (exact) mass is 464 g/mol. The van der Waals surface area contributed by atoms with Crippen molar-refractivity contribution in [3.63, 3.8) is 0 Å². The topological polar surface area (TPSA) is 73.0 Å². The van der Waals surface area contributed by atoms with E-state index in [2.05, 4.69) is 36.3 Å². The number of hydrogen-bond donors (Lipinski definition) is 1. The van der Waals surface area contributed by atoms with Gasteiger partial charge in [0, 0.05) is 5.69 Å². The molecule has 4 rings (SSSR count). The summed E-state index contributed by atoms with van der Waals surface area (Å²) in [5.74, 6) is 0.644. The zero-order valence-corrected chi connectivity index (χ0v) is 19.5. The summed E-state index contributed by atoms with van der Waals surface area (Å²) in [6.45, 7) is 6.64. The smallest absolute Gasteiger partial charge is 0.234 e. The second-order valence-electron chi connectivity index (χ2n) is 8.58. The Labute approximate surface area is 196 Å². The van der Waals surface area contributed by atoms with Crippen molar-refractivity contribution in [1.29, 1.82) is 0 Å². The molecule has 170 valence electrons. The molecule has 0 saturated heterocycles. The second kappa shape index (κ2) is 9.62. The van der Waals surface area contributed by atoms with Gasteiger partial charge in [-0.15, -0.1) is 10.2 Å². The first-order valence-corrected chi connectivity index (χ1v) is 11.5. The van der Waals surface area contributed by atoms with E-state index in [1.165, 1.54) is 17.8 Å². The van der Waals surface area contributed by atoms with Crippen LogP contribution < -0.4 is 5.32 Å². The third-order valence-electron chi connectivity index (χ3n) is 5.07. The molecule has 0 aliphatic rings. The van der Waals surface area contributed by atoms with Crippen LogP contribution in [-0.2, 0) is 16.8 Å². The van der Waals surface area contributed by atoms with Crippen LogP contribution in [0.3, 0.4) is 0 Å². The molecule has 0 unspecified atom stereocenters. The van der Waals surface area contributed by atoms with Crippen molar-refractivity contribution in [3.8, 4) is 11.4 Å². The predicted molar refractivity (Wildman–Crippen MR) is 128 cm³/mol. The number of nitrogens with zero attached hydrogens (tertiary/aromatic N) is 3. The van der Waals surface area contributed by atoms with Gasteiger partial charge in [-0.2, -0.15) is 0 Å². The highest BCUT2D eigenvalue weighted by atomic mass is 32.2. The molecule has 6 nitrogen and oxygen atoms in total. The minimum atomic E-state index is -0.390. The number of hydrogen-bond acceptors (Lipinski definition) is 5. The molecule has 0 aliphatic carbocycles. The molecule has 2 aromatic carbocycles. The van der Waals surface area contributed by atoms with Gasteiger partial charge in [-0.25, -0.2) is 4.39 Å². The largest absolute Gasteiger partial charge is 0.467 e. The van der Waals surface area contributed by atoms with Crippen LogP contribution >= 0.6 is 11.8 Å². The number of aromatic nitrogens is 3. The van der Waals surface area contributed by atoms with Gasteiger partial charge >= 0.3 is 0 Å². The Balaban J connectivity index is 1.55. The normalized spacial score (nSPS) is 11.5. The van der Waals surface area contributed by atoms with Gasteiger partial charge in [0.25, 0.3) is 0 Å². The molecule has 0 atom stereocenters. The van der Waals surface area contributed by atoms with Crippen LogP contribution in [0.2, 0.25) is 0 Å². The molecule has 1 amide bonds. The Kier molecular flexibility index (Phi) is 6.65. The number of anilines is 1. The van der Waals surface area contributed by atoms with E-state index in [0.717, 1.165) is 11.3 Å². The lowest BCUT2D eigenvalue weighted by molar-refractivity contribution is -0.113. The SMILES string of the molecule is CC(C)(C)c1ccccc1NC(=O)CSc1nnc(-c2ccccc2F)n1Cc1ccco1. The van der Waals surface area contributed by atoms with Crippen molar-refractivity contribution < 1.29 is 13.6 Å². The molecular weight excluding hydrogens is 439 g/mol. The average Bonchev–Trinajstić information content (AvgIpc) is 3.43. The van der Waals surface area contributed by atoms with Crippen molar-refractivity contribution >= 4 is 23.4 Å². The Hall–Kier alpha value is -3.39. The van der Waals surface area contributed by atoms with Crippen LogP contribution in [0.15, 0.2) is 76.5 Å². The zero-order valence-electron chi connectivity index (χ0n) is 18.7. The van der Waals surface area contributed by atoms with E-state index in [-0.39, 0.29) is 17.1 Å². The van der Waals surface area contributed by atoms with Crippen LogP contribution in [0.1, 0.15) is 32.1 Å². The molecule has 0 fully saturated rings. The van der Waals surface area contributed by atoms with Crippen molar-refractivity contribution in [2.45, 2.75) is 37.9 Å². The number of rotatable bonds is 7. The first-order chi connectivity index (χ1) is 15.8. The number of halogens is 1. The van der Waals surface area contributed by atoms with E-state index < -0.39 is 5.82 Å². The first kappa shape index (κ1) is 22.8. The number of carbonyl (C=O) groups excluding carboxylic acids is 1. The van der Waals surface area contributed by atoms with Crippen LogP contribution in [0.5, 0.6) is 0 Å². The van der Waals surface area contributed by atoms with Crippen molar-refractivity contribution in [2.75, 3.05) is 11.1 Å². The minimum Gasteiger partial charge on any atom is -0.467 e. The Morgan fingerprint density at radius 3 is 2.55 bits per heavy atom. The second-order valence-corrected chi connectivity index (χ2v) is 9.53. The molecule has 2 aromatic heterocycles.